The van der Waals surface area contributed by atoms with Crippen molar-refractivity contribution in [2.45, 2.75) is 77.7 Å². The van der Waals surface area contributed by atoms with Crippen LogP contribution in [-0.4, -0.2) is 31.3 Å². The Bertz CT molecular complexity index is 297. The molecule has 124 valence electrons. The highest BCUT2D eigenvalue weighted by Crippen LogP contribution is 2.09. The second kappa shape index (κ2) is 11.4. The Morgan fingerprint density at radius 2 is 1.43 bits per heavy atom. The van der Waals surface area contributed by atoms with Crippen molar-refractivity contribution in [2.24, 2.45) is 0 Å². The largest absolute Gasteiger partial charge is 0.469 e. The lowest BCUT2D eigenvalue weighted by Crippen LogP contribution is -2.32. The normalized spacial score (nSPS) is 11.0. The Kier molecular flexibility index (Phi) is 10.7. The molecule has 0 spiro atoms. The first kappa shape index (κ1) is 19.7. The zero-order chi connectivity index (χ0) is 16.1. The number of ether oxygens (including phenoxy) is 2. The van der Waals surface area contributed by atoms with E-state index in [4.69, 9.17) is 4.74 Å². The Morgan fingerprint density at radius 3 is 1.95 bits per heavy atom. The van der Waals surface area contributed by atoms with Gasteiger partial charge in [0.25, 0.3) is 0 Å². The Labute approximate surface area is 128 Å². The third kappa shape index (κ3) is 15.0. The molecule has 5 nitrogen and oxygen atoms in total. The molecule has 0 atom stereocenters. The lowest BCUT2D eigenvalue weighted by molar-refractivity contribution is -0.140. The molecule has 0 rings (SSSR count). The summed E-state index contributed by atoms with van der Waals surface area (Å²) in [6, 6.07) is 0. The van der Waals surface area contributed by atoms with Crippen molar-refractivity contribution in [2.75, 3.05) is 13.7 Å². The van der Waals surface area contributed by atoms with Gasteiger partial charge in [0.1, 0.15) is 5.60 Å². The fourth-order valence-electron chi connectivity index (χ4n) is 1.88. The maximum absolute atomic E-state index is 11.4. The quantitative estimate of drug-likeness (QED) is 0.492. The van der Waals surface area contributed by atoms with Gasteiger partial charge in [-0.3, -0.25) is 4.79 Å². The number of rotatable bonds is 10. The number of amides is 1. The molecule has 0 aliphatic rings. The van der Waals surface area contributed by atoms with Crippen LogP contribution < -0.4 is 5.32 Å². The summed E-state index contributed by atoms with van der Waals surface area (Å²) in [5, 5.41) is 2.76. The van der Waals surface area contributed by atoms with E-state index in [0.717, 1.165) is 38.5 Å². The molecule has 0 fully saturated rings. The standard InChI is InChI=1S/C16H31NO4/c1-16(2,3)21-15(19)17-13-11-9-7-5-6-8-10-12-14(18)20-4/h5-13H2,1-4H3,(H,17,19). The molecule has 0 saturated heterocycles. The van der Waals surface area contributed by atoms with E-state index in [1.807, 2.05) is 20.8 Å². The van der Waals surface area contributed by atoms with Crippen LogP contribution in [0.3, 0.4) is 0 Å². The predicted octanol–water partition coefficient (Wildman–Crippen LogP) is 3.80. The summed E-state index contributed by atoms with van der Waals surface area (Å²) in [5.74, 6) is -0.122. The molecule has 0 aromatic carbocycles. The van der Waals surface area contributed by atoms with Gasteiger partial charge in [-0.2, -0.15) is 0 Å². The van der Waals surface area contributed by atoms with E-state index in [0.29, 0.717) is 13.0 Å². The number of esters is 1. The second-order valence-corrected chi connectivity index (χ2v) is 6.23. The van der Waals surface area contributed by atoms with Crippen molar-refractivity contribution < 1.29 is 19.1 Å². The van der Waals surface area contributed by atoms with Gasteiger partial charge < -0.3 is 14.8 Å². The van der Waals surface area contributed by atoms with Gasteiger partial charge >= 0.3 is 12.1 Å². The summed E-state index contributed by atoms with van der Waals surface area (Å²) in [4.78, 5) is 22.3. The first-order valence-electron chi connectivity index (χ1n) is 7.89. The molecule has 0 aliphatic carbocycles. The molecule has 1 amide bonds. The molecular formula is C16H31NO4. The number of nitrogens with one attached hydrogen (secondary N) is 1. The summed E-state index contributed by atoms with van der Waals surface area (Å²) in [6.07, 6.45) is 7.73. The van der Waals surface area contributed by atoms with E-state index in [9.17, 15) is 9.59 Å². The van der Waals surface area contributed by atoms with E-state index >= 15 is 0 Å². The molecule has 0 aliphatic heterocycles. The highest BCUT2D eigenvalue weighted by atomic mass is 16.6. The second-order valence-electron chi connectivity index (χ2n) is 6.23. The van der Waals surface area contributed by atoms with Crippen molar-refractivity contribution >= 4 is 12.1 Å². The van der Waals surface area contributed by atoms with Crippen LogP contribution in [0.5, 0.6) is 0 Å². The third-order valence-electron chi connectivity index (χ3n) is 2.95. The topological polar surface area (TPSA) is 64.6 Å². The molecule has 21 heavy (non-hydrogen) atoms. The van der Waals surface area contributed by atoms with Crippen LogP contribution in [0.1, 0.15) is 72.1 Å². The van der Waals surface area contributed by atoms with E-state index in [-0.39, 0.29) is 12.1 Å². The fourth-order valence-corrected chi connectivity index (χ4v) is 1.88. The number of unbranched alkanes of at least 4 members (excludes halogenated alkanes) is 6. The summed E-state index contributed by atoms with van der Waals surface area (Å²) >= 11 is 0. The molecule has 5 heteroatoms. The summed E-state index contributed by atoms with van der Waals surface area (Å²) in [7, 11) is 1.42. The van der Waals surface area contributed by atoms with Crippen molar-refractivity contribution in [3.8, 4) is 0 Å². The third-order valence-corrected chi connectivity index (χ3v) is 2.95. The van der Waals surface area contributed by atoms with Crippen molar-refractivity contribution in [3.05, 3.63) is 0 Å². The molecule has 0 aromatic rings. The highest BCUT2D eigenvalue weighted by molar-refractivity contribution is 5.69. The molecule has 0 aromatic heterocycles. The van der Waals surface area contributed by atoms with Crippen LogP contribution in [-0.2, 0) is 14.3 Å². The molecule has 0 radical (unpaired) electrons. The van der Waals surface area contributed by atoms with E-state index in [2.05, 4.69) is 10.1 Å². The summed E-state index contributed by atoms with van der Waals surface area (Å²) in [6.45, 7) is 6.23. The number of hydrogen-bond donors (Lipinski definition) is 1. The van der Waals surface area contributed by atoms with Crippen LogP contribution in [0.2, 0.25) is 0 Å². The Morgan fingerprint density at radius 1 is 0.905 bits per heavy atom. The van der Waals surface area contributed by atoms with Gasteiger partial charge in [0, 0.05) is 13.0 Å². The summed E-state index contributed by atoms with van der Waals surface area (Å²) < 4.78 is 9.74. The lowest BCUT2D eigenvalue weighted by Gasteiger charge is -2.19. The zero-order valence-electron chi connectivity index (χ0n) is 14.0. The minimum Gasteiger partial charge on any atom is -0.469 e. The van der Waals surface area contributed by atoms with Crippen LogP contribution in [0.25, 0.3) is 0 Å². The molecule has 0 unspecified atom stereocenters. The summed E-state index contributed by atoms with van der Waals surface area (Å²) in [5.41, 5.74) is -0.436. The molecular weight excluding hydrogens is 270 g/mol. The molecule has 0 bridgehead atoms. The van der Waals surface area contributed by atoms with Gasteiger partial charge in [0.05, 0.1) is 7.11 Å². The monoisotopic (exact) mass is 301 g/mol. The van der Waals surface area contributed by atoms with Crippen molar-refractivity contribution in [1.82, 2.24) is 5.32 Å². The number of hydrogen-bond acceptors (Lipinski definition) is 4. The zero-order valence-corrected chi connectivity index (χ0v) is 14.0. The molecule has 1 N–H and O–H groups in total. The highest BCUT2D eigenvalue weighted by Gasteiger charge is 2.15. The maximum atomic E-state index is 11.4. The first-order valence-corrected chi connectivity index (χ1v) is 7.89. The Balaban J connectivity index is 3.26. The van der Waals surface area contributed by atoms with Crippen molar-refractivity contribution in [1.29, 1.82) is 0 Å². The number of methoxy groups -OCH3 is 1. The average molecular weight is 301 g/mol. The van der Waals surface area contributed by atoms with Gasteiger partial charge in [-0.1, -0.05) is 32.1 Å². The fraction of sp³-hybridized carbons (Fsp3) is 0.875. The van der Waals surface area contributed by atoms with Gasteiger partial charge in [-0.25, -0.2) is 4.79 Å². The van der Waals surface area contributed by atoms with Gasteiger partial charge in [0.2, 0.25) is 0 Å². The van der Waals surface area contributed by atoms with Crippen LogP contribution >= 0.6 is 0 Å². The van der Waals surface area contributed by atoms with Gasteiger partial charge in [0.15, 0.2) is 0 Å². The number of alkyl carbamates (subject to hydrolysis) is 1. The van der Waals surface area contributed by atoms with Crippen LogP contribution in [0, 0.1) is 0 Å². The lowest BCUT2D eigenvalue weighted by atomic mass is 10.1. The van der Waals surface area contributed by atoms with E-state index in [1.54, 1.807) is 0 Å². The van der Waals surface area contributed by atoms with E-state index < -0.39 is 5.60 Å². The minimum absolute atomic E-state index is 0.122. The van der Waals surface area contributed by atoms with Crippen LogP contribution in [0.15, 0.2) is 0 Å². The van der Waals surface area contributed by atoms with Crippen molar-refractivity contribution in [3.63, 3.8) is 0 Å². The minimum atomic E-state index is -0.436. The average Bonchev–Trinajstić information content (AvgIpc) is 2.38. The number of carbonyl (C=O) groups is 2. The van der Waals surface area contributed by atoms with Crippen LogP contribution in [0.4, 0.5) is 4.79 Å². The smallest absolute Gasteiger partial charge is 0.407 e. The maximum Gasteiger partial charge on any atom is 0.407 e. The number of carbonyl (C=O) groups excluding carboxylic acids is 2. The predicted molar refractivity (Wildman–Crippen MR) is 83.2 cm³/mol. The first-order chi connectivity index (χ1) is 9.85. The van der Waals surface area contributed by atoms with Gasteiger partial charge in [-0.15, -0.1) is 0 Å². The molecule has 0 heterocycles. The van der Waals surface area contributed by atoms with Gasteiger partial charge in [-0.05, 0) is 33.6 Å². The Hall–Kier alpha value is -1.26. The van der Waals surface area contributed by atoms with E-state index in [1.165, 1.54) is 13.5 Å². The molecule has 0 saturated carbocycles. The SMILES string of the molecule is COC(=O)CCCCCCCCCNC(=O)OC(C)(C)C.